The summed E-state index contributed by atoms with van der Waals surface area (Å²) in [6.07, 6.45) is 1.80. The maximum atomic E-state index is 13.6. The van der Waals surface area contributed by atoms with Gasteiger partial charge in [-0.3, -0.25) is 0 Å². The molecule has 0 fully saturated rings. The number of halogens is 1. The first-order valence-electron chi connectivity index (χ1n) is 6.20. The Labute approximate surface area is 113 Å². The summed E-state index contributed by atoms with van der Waals surface area (Å²) in [5.41, 5.74) is 5.41. The van der Waals surface area contributed by atoms with Crippen LogP contribution in [0.1, 0.15) is 20.3 Å². The van der Waals surface area contributed by atoms with Crippen LogP contribution < -0.4 is 5.73 Å². The fraction of sp³-hybridized carbons (Fsp3) is 0.583. The lowest BCUT2D eigenvalue weighted by atomic mass is 10.2. The van der Waals surface area contributed by atoms with Crippen molar-refractivity contribution in [2.45, 2.75) is 25.3 Å². The Hall–Kier alpha value is -1.05. The van der Waals surface area contributed by atoms with Crippen LogP contribution in [0.15, 0.2) is 23.4 Å². The molecule has 0 amide bonds. The van der Waals surface area contributed by atoms with E-state index in [1.165, 1.54) is 16.6 Å². The van der Waals surface area contributed by atoms with Gasteiger partial charge in [0.15, 0.2) is 5.82 Å². The molecule has 0 aromatic carbocycles. The van der Waals surface area contributed by atoms with Gasteiger partial charge >= 0.3 is 0 Å². The number of aromatic nitrogens is 1. The predicted octanol–water partition coefficient (Wildman–Crippen LogP) is 1.22. The van der Waals surface area contributed by atoms with Gasteiger partial charge in [-0.1, -0.05) is 13.8 Å². The van der Waals surface area contributed by atoms with Gasteiger partial charge in [-0.15, -0.1) is 0 Å². The molecule has 5 nitrogen and oxygen atoms in total. The highest BCUT2D eigenvalue weighted by molar-refractivity contribution is 7.89. The van der Waals surface area contributed by atoms with Crippen molar-refractivity contribution in [3.8, 4) is 0 Å². The van der Waals surface area contributed by atoms with E-state index in [1.807, 2.05) is 13.8 Å². The second-order valence-corrected chi connectivity index (χ2v) is 6.54. The molecule has 1 aromatic heterocycles. The van der Waals surface area contributed by atoms with Gasteiger partial charge in [0.25, 0.3) is 10.0 Å². The van der Waals surface area contributed by atoms with Crippen molar-refractivity contribution < 1.29 is 12.8 Å². The first-order valence-corrected chi connectivity index (χ1v) is 7.64. The monoisotopic (exact) mass is 289 g/mol. The highest BCUT2D eigenvalue weighted by Crippen LogP contribution is 2.18. The summed E-state index contributed by atoms with van der Waals surface area (Å²) >= 11 is 0. The zero-order valence-corrected chi connectivity index (χ0v) is 12.0. The SMILES string of the molecule is CC(C)CN(CCCN)S(=O)(=O)c1ncccc1F. The molecule has 0 aliphatic rings. The van der Waals surface area contributed by atoms with Gasteiger partial charge in [0.1, 0.15) is 0 Å². The van der Waals surface area contributed by atoms with Gasteiger partial charge in [-0.2, -0.15) is 4.31 Å². The van der Waals surface area contributed by atoms with E-state index in [1.54, 1.807) is 0 Å². The Morgan fingerprint density at radius 1 is 1.47 bits per heavy atom. The second kappa shape index (κ2) is 6.93. The third-order valence-corrected chi connectivity index (χ3v) is 4.29. The van der Waals surface area contributed by atoms with E-state index in [2.05, 4.69) is 4.98 Å². The summed E-state index contributed by atoms with van der Waals surface area (Å²) in [6.45, 7) is 4.78. The topological polar surface area (TPSA) is 76.3 Å². The van der Waals surface area contributed by atoms with Gasteiger partial charge in [0, 0.05) is 19.3 Å². The van der Waals surface area contributed by atoms with Crippen LogP contribution in [0.25, 0.3) is 0 Å². The van der Waals surface area contributed by atoms with Gasteiger partial charge in [-0.25, -0.2) is 17.8 Å². The van der Waals surface area contributed by atoms with Crippen molar-refractivity contribution in [3.05, 3.63) is 24.1 Å². The normalized spacial score (nSPS) is 12.3. The third-order valence-electron chi connectivity index (χ3n) is 2.49. The third kappa shape index (κ3) is 4.22. The van der Waals surface area contributed by atoms with E-state index in [-0.39, 0.29) is 12.5 Å². The van der Waals surface area contributed by atoms with E-state index in [0.29, 0.717) is 19.5 Å². The predicted molar refractivity (Wildman–Crippen MR) is 71.5 cm³/mol. The van der Waals surface area contributed by atoms with Crippen LogP contribution in [0.5, 0.6) is 0 Å². The van der Waals surface area contributed by atoms with Crippen LogP contribution in [0, 0.1) is 11.7 Å². The molecule has 7 heteroatoms. The maximum absolute atomic E-state index is 13.6. The molecular formula is C12H20FN3O2S. The molecular weight excluding hydrogens is 269 g/mol. The summed E-state index contributed by atoms with van der Waals surface area (Å²) in [6, 6.07) is 2.46. The van der Waals surface area contributed by atoms with Crippen molar-refractivity contribution in [1.29, 1.82) is 0 Å². The van der Waals surface area contributed by atoms with Gasteiger partial charge < -0.3 is 5.73 Å². The Bertz CT molecular complexity index is 505. The number of pyridine rings is 1. The van der Waals surface area contributed by atoms with Crippen LogP contribution in [0.2, 0.25) is 0 Å². The quantitative estimate of drug-likeness (QED) is 0.818. The minimum Gasteiger partial charge on any atom is -0.330 e. The minimum atomic E-state index is -3.91. The fourth-order valence-electron chi connectivity index (χ4n) is 1.67. The average Bonchev–Trinajstić information content (AvgIpc) is 2.34. The largest absolute Gasteiger partial charge is 0.330 e. The molecule has 1 rings (SSSR count). The standard InChI is InChI=1S/C12H20FN3O2S/c1-10(2)9-16(8-4-6-14)19(17,18)12-11(13)5-3-7-15-12/h3,5,7,10H,4,6,8-9,14H2,1-2H3. The minimum absolute atomic E-state index is 0.138. The number of nitrogens with two attached hydrogens (primary N) is 1. The Balaban J connectivity index is 3.08. The van der Waals surface area contributed by atoms with Gasteiger partial charge in [-0.05, 0) is 31.0 Å². The fourth-order valence-corrected chi connectivity index (χ4v) is 3.28. The number of hydrogen-bond donors (Lipinski definition) is 1. The molecule has 2 N–H and O–H groups in total. The number of sulfonamides is 1. The molecule has 0 aliphatic carbocycles. The summed E-state index contributed by atoms with van der Waals surface area (Å²) in [5, 5.41) is -0.521. The second-order valence-electron chi connectivity index (χ2n) is 4.69. The summed E-state index contributed by atoms with van der Waals surface area (Å²) in [7, 11) is -3.91. The van der Waals surface area contributed by atoms with Crippen molar-refractivity contribution in [3.63, 3.8) is 0 Å². The molecule has 0 aliphatic heterocycles. The van der Waals surface area contributed by atoms with E-state index >= 15 is 0 Å². The average molecular weight is 289 g/mol. The molecule has 0 spiro atoms. The zero-order chi connectivity index (χ0) is 14.5. The molecule has 108 valence electrons. The number of rotatable bonds is 7. The van der Waals surface area contributed by atoms with Crippen molar-refractivity contribution in [2.24, 2.45) is 11.7 Å². The van der Waals surface area contributed by atoms with Crippen molar-refractivity contribution in [2.75, 3.05) is 19.6 Å². The zero-order valence-electron chi connectivity index (χ0n) is 11.2. The maximum Gasteiger partial charge on any atom is 0.263 e. The van der Waals surface area contributed by atoms with Crippen LogP contribution in [0.3, 0.4) is 0 Å². The molecule has 19 heavy (non-hydrogen) atoms. The summed E-state index contributed by atoms with van der Waals surface area (Å²) < 4.78 is 39.6. The summed E-state index contributed by atoms with van der Waals surface area (Å²) in [5.74, 6) is -0.691. The van der Waals surface area contributed by atoms with E-state index < -0.39 is 20.9 Å². The molecule has 0 saturated heterocycles. The molecule has 0 atom stereocenters. The molecule has 0 saturated carbocycles. The number of nitrogens with zero attached hydrogens (tertiary/aromatic N) is 2. The van der Waals surface area contributed by atoms with E-state index in [0.717, 1.165) is 6.07 Å². The lowest BCUT2D eigenvalue weighted by Crippen LogP contribution is -2.36. The summed E-state index contributed by atoms with van der Waals surface area (Å²) in [4.78, 5) is 3.65. The van der Waals surface area contributed by atoms with Gasteiger partial charge in [0.05, 0.1) is 0 Å². The Morgan fingerprint density at radius 3 is 2.68 bits per heavy atom. The van der Waals surface area contributed by atoms with Crippen LogP contribution >= 0.6 is 0 Å². The Kier molecular flexibility index (Phi) is 5.84. The first-order chi connectivity index (χ1) is 8.89. The molecule has 1 heterocycles. The lowest BCUT2D eigenvalue weighted by molar-refractivity contribution is 0.360. The Morgan fingerprint density at radius 2 is 2.16 bits per heavy atom. The van der Waals surface area contributed by atoms with Crippen molar-refractivity contribution >= 4 is 10.0 Å². The first kappa shape index (κ1) is 16.0. The molecule has 0 radical (unpaired) electrons. The molecule has 1 aromatic rings. The highest BCUT2D eigenvalue weighted by Gasteiger charge is 2.28. The van der Waals surface area contributed by atoms with Gasteiger partial charge in [0.2, 0.25) is 5.03 Å². The van der Waals surface area contributed by atoms with Crippen LogP contribution in [-0.4, -0.2) is 37.3 Å². The smallest absolute Gasteiger partial charge is 0.263 e. The van der Waals surface area contributed by atoms with Crippen LogP contribution in [0.4, 0.5) is 4.39 Å². The lowest BCUT2D eigenvalue weighted by Gasteiger charge is -2.23. The van der Waals surface area contributed by atoms with Crippen LogP contribution in [-0.2, 0) is 10.0 Å². The highest BCUT2D eigenvalue weighted by atomic mass is 32.2. The van der Waals surface area contributed by atoms with E-state index in [9.17, 15) is 12.8 Å². The van der Waals surface area contributed by atoms with Crippen molar-refractivity contribution in [1.82, 2.24) is 9.29 Å². The molecule has 0 unspecified atom stereocenters. The molecule has 0 bridgehead atoms. The van der Waals surface area contributed by atoms with E-state index in [4.69, 9.17) is 5.73 Å². The number of hydrogen-bond acceptors (Lipinski definition) is 4.